The van der Waals surface area contributed by atoms with Gasteiger partial charge in [0.2, 0.25) is 0 Å². The lowest BCUT2D eigenvalue weighted by Crippen LogP contribution is -2.09. The Labute approximate surface area is 356 Å². The highest BCUT2D eigenvalue weighted by atomic mass is 32.2. The average Bonchev–Trinajstić information content (AvgIpc) is 4.09. The van der Waals surface area contributed by atoms with Crippen LogP contribution in [0, 0.1) is 6.92 Å². The molecule has 0 spiro atoms. The third-order valence-corrected chi connectivity index (χ3v) is 12.1. The van der Waals surface area contributed by atoms with Gasteiger partial charge in [0.15, 0.2) is 0 Å². The summed E-state index contributed by atoms with van der Waals surface area (Å²) in [4.78, 5) is 17.8. The minimum Gasteiger partial charge on any atom is -0.508 e. The van der Waals surface area contributed by atoms with Gasteiger partial charge in [0.25, 0.3) is 0 Å². The van der Waals surface area contributed by atoms with Gasteiger partial charge < -0.3 is 29.5 Å². The smallest absolute Gasteiger partial charge is 0.339 e. The molecule has 8 aromatic rings. The molecule has 0 atom stereocenters. The fraction of sp³-hybridized carbons (Fsp3) is 0.0196. The number of phenolic OH excluding ortho intramolecular Hbond substituents is 3. The second kappa shape index (κ2) is 15.1. The predicted molar refractivity (Wildman–Crippen MR) is 245 cm³/mol. The molecule has 0 amide bonds. The number of phenols is 3. The molecule has 10 rings (SSSR count). The molecule has 0 unspecified atom stereocenters. The topological polar surface area (TPSA) is 161 Å². The molecule has 2 aliphatic rings. The number of rotatable bonds is 7. The number of fused-ring (bicyclic) bond motifs is 8. The molecule has 0 radical (unpaired) electrons. The van der Waals surface area contributed by atoms with Crippen molar-refractivity contribution < 1.29 is 27.9 Å². The number of nitrogens with one attached hydrogen (secondary N) is 2. The SMILES string of the molecule is Cc1ccc(S(=O)(=O)Oc2cccc(-c3c4nc(c(-c5cccc(O)c5)c5ccc([nH]5)c(-c5cccc(O)c5)c5nc(c(-c6cccc(O)c6)c6ccc3[nH]6)C=C5)C=C4)c2)cc1. The normalized spacial score (nSPS) is 12.1. The number of hydrogen-bond donors (Lipinski definition) is 5. The van der Waals surface area contributed by atoms with Crippen LogP contribution in [0.1, 0.15) is 28.3 Å². The number of hydrogen-bond acceptors (Lipinski definition) is 8. The summed E-state index contributed by atoms with van der Waals surface area (Å²) < 4.78 is 32.7. The molecule has 10 nitrogen and oxygen atoms in total. The number of aromatic amines is 2. The van der Waals surface area contributed by atoms with Crippen molar-refractivity contribution in [2.75, 3.05) is 0 Å². The molecular formula is C51H36N4O6S. The maximum absolute atomic E-state index is 13.5. The number of aryl methyl sites for hydroxylation is 1. The van der Waals surface area contributed by atoms with E-state index < -0.39 is 10.1 Å². The van der Waals surface area contributed by atoms with Gasteiger partial charge in [-0.2, -0.15) is 8.42 Å². The molecule has 8 bridgehead atoms. The van der Waals surface area contributed by atoms with Gasteiger partial charge >= 0.3 is 10.1 Å². The summed E-state index contributed by atoms with van der Waals surface area (Å²) in [5, 5.41) is 32.0. The van der Waals surface area contributed by atoms with Crippen LogP contribution in [-0.4, -0.2) is 43.7 Å². The summed E-state index contributed by atoms with van der Waals surface area (Å²) in [6, 6.07) is 42.1. The van der Waals surface area contributed by atoms with Gasteiger partial charge in [-0.25, -0.2) is 9.97 Å². The van der Waals surface area contributed by atoms with Gasteiger partial charge in [-0.15, -0.1) is 0 Å². The van der Waals surface area contributed by atoms with Crippen molar-refractivity contribution in [2.24, 2.45) is 0 Å². The summed E-state index contributed by atoms with van der Waals surface area (Å²) in [5.41, 5.74) is 11.7. The van der Waals surface area contributed by atoms with E-state index in [0.29, 0.717) is 72.7 Å². The van der Waals surface area contributed by atoms with Crippen LogP contribution in [0.25, 0.3) is 90.9 Å². The van der Waals surface area contributed by atoms with Crippen molar-refractivity contribution in [1.82, 2.24) is 19.9 Å². The van der Waals surface area contributed by atoms with Crippen LogP contribution >= 0.6 is 0 Å². The summed E-state index contributed by atoms with van der Waals surface area (Å²) >= 11 is 0. The van der Waals surface area contributed by atoms with Crippen molar-refractivity contribution in [2.45, 2.75) is 11.8 Å². The highest BCUT2D eigenvalue weighted by Gasteiger charge is 2.21. The van der Waals surface area contributed by atoms with Crippen LogP contribution in [0.5, 0.6) is 23.0 Å². The van der Waals surface area contributed by atoms with E-state index in [1.54, 1.807) is 84.9 Å². The monoisotopic (exact) mass is 832 g/mol. The second-order valence-electron chi connectivity index (χ2n) is 15.0. The van der Waals surface area contributed by atoms with Crippen LogP contribution in [0.15, 0.2) is 150 Å². The first-order valence-corrected chi connectivity index (χ1v) is 21.1. The Balaban J connectivity index is 1.31. The van der Waals surface area contributed by atoms with E-state index in [0.717, 1.165) is 22.2 Å². The molecule has 0 saturated carbocycles. The quantitative estimate of drug-likeness (QED) is 0.0992. The van der Waals surface area contributed by atoms with Gasteiger partial charge in [-0.1, -0.05) is 66.2 Å². The van der Waals surface area contributed by atoms with Gasteiger partial charge in [-0.05, 0) is 138 Å². The Morgan fingerprint density at radius 2 is 0.806 bits per heavy atom. The Kier molecular flexibility index (Phi) is 9.30. The van der Waals surface area contributed by atoms with Crippen LogP contribution in [0.3, 0.4) is 0 Å². The van der Waals surface area contributed by atoms with E-state index in [1.165, 1.54) is 12.1 Å². The first-order valence-electron chi connectivity index (χ1n) is 19.7. The number of H-pyrrole nitrogens is 2. The molecule has 5 heterocycles. The standard InChI is InChI=1S/C51H36N4O6S/c1-30-14-16-39(17-15-30)62(59,60)61-38-13-5-9-34(29-38)51-46-24-22-44(54-46)49(32-7-3-11-36(57)27-32)42-20-18-40(52-42)48(31-6-2-10-35(56)26-31)41-19-21-43(53-41)50(45-23-25-47(51)55-45)33-8-4-12-37(58)28-33/h2-29,52,55-58H,1H3. The van der Waals surface area contributed by atoms with Gasteiger partial charge in [0.05, 0.1) is 22.8 Å². The first-order chi connectivity index (χ1) is 30.1. The molecule has 11 heteroatoms. The number of nitrogens with zero attached hydrogens (tertiary/aromatic N) is 2. The average molecular weight is 833 g/mol. The fourth-order valence-electron chi connectivity index (χ4n) is 7.99. The summed E-state index contributed by atoms with van der Waals surface area (Å²) in [7, 11) is -4.16. The van der Waals surface area contributed by atoms with Gasteiger partial charge in [0.1, 0.15) is 27.9 Å². The molecule has 5 N–H and O–H groups in total. The number of aromatic hydroxyl groups is 3. The Morgan fingerprint density at radius 1 is 0.452 bits per heavy atom. The van der Waals surface area contributed by atoms with Gasteiger partial charge in [-0.3, -0.25) is 0 Å². The third-order valence-electron chi connectivity index (χ3n) is 10.8. The van der Waals surface area contributed by atoms with Crippen molar-refractivity contribution in [3.8, 4) is 67.5 Å². The van der Waals surface area contributed by atoms with Crippen molar-refractivity contribution >= 4 is 56.5 Å². The highest BCUT2D eigenvalue weighted by Crippen LogP contribution is 2.40. The van der Waals surface area contributed by atoms with E-state index >= 15 is 0 Å². The van der Waals surface area contributed by atoms with E-state index in [4.69, 9.17) is 14.2 Å². The molecule has 0 saturated heterocycles. The lowest BCUT2D eigenvalue weighted by atomic mass is 10.0. The number of benzene rings is 5. The molecule has 2 aliphatic heterocycles. The summed E-state index contributed by atoms with van der Waals surface area (Å²) in [6.07, 6.45) is 7.67. The third kappa shape index (κ3) is 7.16. The molecular weight excluding hydrogens is 797 g/mol. The maximum atomic E-state index is 13.5. The van der Waals surface area contributed by atoms with E-state index in [1.807, 2.05) is 79.8 Å². The summed E-state index contributed by atoms with van der Waals surface area (Å²) in [5.74, 6) is 0.392. The van der Waals surface area contributed by atoms with E-state index in [-0.39, 0.29) is 27.9 Å². The maximum Gasteiger partial charge on any atom is 0.339 e. The fourth-order valence-corrected chi connectivity index (χ4v) is 8.91. The zero-order chi connectivity index (χ0) is 42.5. The lowest BCUT2D eigenvalue weighted by molar-refractivity contribution is 0.475. The van der Waals surface area contributed by atoms with E-state index in [9.17, 15) is 23.7 Å². The first kappa shape index (κ1) is 38.1. The zero-order valence-corrected chi connectivity index (χ0v) is 33.9. The molecule has 62 heavy (non-hydrogen) atoms. The lowest BCUT2D eigenvalue weighted by Gasteiger charge is -2.10. The van der Waals surface area contributed by atoms with Crippen LogP contribution in [0.4, 0.5) is 0 Å². The predicted octanol–water partition coefficient (Wildman–Crippen LogP) is 11.5. The Hall–Kier alpha value is -8.15. The van der Waals surface area contributed by atoms with E-state index in [2.05, 4.69) is 9.97 Å². The minimum absolute atomic E-state index is 0.0376. The second-order valence-corrected chi connectivity index (χ2v) is 16.6. The molecule has 5 aromatic carbocycles. The summed E-state index contributed by atoms with van der Waals surface area (Å²) in [6.45, 7) is 1.88. The largest absolute Gasteiger partial charge is 0.508 e. The van der Waals surface area contributed by atoms with Crippen LogP contribution in [-0.2, 0) is 10.1 Å². The highest BCUT2D eigenvalue weighted by molar-refractivity contribution is 7.87. The molecule has 0 fully saturated rings. The van der Waals surface area contributed by atoms with Crippen molar-refractivity contribution in [3.05, 3.63) is 174 Å². The molecule has 302 valence electrons. The Morgan fingerprint density at radius 3 is 1.18 bits per heavy atom. The van der Waals surface area contributed by atoms with Crippen molar-refractivity contribution in [3.63, 3.8) is 0 Å². The zero-order valence-electron chi connectivity index (χ0n) is 33.0. The molecule has 0 aliphatic carbocycles. The molecule has 3 aromatic heterocycles. The minimum atomic E-state index is -4.16. The van der Waals surface area contributed by atoms with Gasteiger partial charge in [0, 0.05) is 44.3 Å². The van der Waals surface area contributed by atoms with Crippen LogP contribution < -0.4 is 4.18 Å². The Bertz CT molecular complexity index is 3410. The van der Waals surface area contributed by atoms with Crippen molar-refractivity contribution in [1.29, 1.82) is 0 Å². The number of aromatic nitrogens is 4. The van der Waals surface area contributed by atoms with Crippen LogP contribution in [0.2, 0.25) is 0 Å².